The van der Waals surface area contributed by atoms with Gasteiger partial charge in [-0.2, -0.15) is 0 Å². The Morgan fingerprint density at radius 1 is 1.50 bits per heavy atom. The van der Waals surface area contributed by atoms with Crippen LogP contribution in [-0.2, 0) is 4.74 Å². The Bertz CT molecular complexity index is 1050. The fraction of sp³-hybridized carbons (Fsp3) is 0.353. The van der Waals surface area contributed by atoms with Crippen LogP contribution in [0.15, 0.2) is 17.1 Å². The first-order valence-corrected chi connectivity index (χ1v) is 7.92. The van der Waals surface area contributed by atoms with Crippen molar-refractivity contribution < 1.29 is 13.9 Å². The molecule has 0 radical (unpaired) electrons. The molecular weight excluding hydrogens is 313 g/mol. The molecule has 0 amide bonds. The van der Waals surface area contributed by atoms with E-state index in [1.54, 1.807) is 13.8 Å². The number of fused-ring (bicyclic) bond motifs is 3. The van der Waals surface area contributed by atoms with E-state index in [2.05, 4.69) is 9.97 Å². The third-order valence-corrected chi connectivity index (χ3v) is 4.26. The summed E-state index contributed by atoms with van der Waals surface area (Å²) < 4.78 is 21.2. The SMILES string of the molecule is CCOC(=O)c1cn(C2CC2)c2c(cc(F)c3nc(C)[nH]c32)c1=O. The van der Waals surface area contributed by atoms with Crippen LogP contribution in [-0.4, -0.2) is 27.1 Å². The number of hydrogen-bond donors (Lipinski definition) is 1. The summed E-state index contributed by atoms with van der Waals surface area (Å²) in [6, 6.07) is 1.36. The van der Waals surface area contributed by atoms with E-state index >= 15 is 0 Å². The minimum Gasteiger partial charge on any atom is -0.462 e. The molecule has 7 heteroatoms. The van der Waals surface area contributed by atoms with E-state index in [4.69, 9.17) is 4.74 Å². The number of rotatable bonds is 3. The standard InChI is InChI=1S/C17H16FN3O3/c1-3-24-17(23)11-7-21(9-4-5-9)15-10(16(11)22)6-12(18)13-14(15)20-8(2)19-13/h6-7,9H,3-5H2,1-2H3,(H,19,20). The van der Waals surface area contributed by atoms with Crippen LogP contribution in [0.3, 0.4) is 0 Å². The number of nitrogens with zero attached hydrogens (tertiary/aromatic N) is 2. The molecule has 2 heterocycles. The second-order valence-electron chi connectivity index (χ2n) is 6.03. The zero-order valence-corrected chi connectivity index (χ0v) is 13.4. The molecule has 4 rings (SSSR count). The maximum atomic E-state index is 14.4. The van der Waals surface area contributed by atoms with Crippen LogP contribution in [0.25, 0.3) is 21.9 Å². The van der Waals surface area contributed by atoms with Gasteiger partial charge >= 0.3 is 5.97 Å². The van der Waals surface area contributed by atoms with Gasteiger partial charge in [0.1, 0.15) is 16.9 Å². The Labute approximate surface area is 136 Å². The van der Waals surface area contributed by atoms with Crippen molar-refractivity contribution in [3.05, 3.63) is 39.7 Å². The third kappa shape index (κ3) is 2.11. The Balaban J connectivity index is 2.14. The lowest BCUT2D eigenvalue weighted by molar-refractivity contribution is 0.0524. The van der Waals surface area contributed by atoms with Gasteiger partial charge in [0, 0.05) is 12.2 Å². The second-order valence-corrected chi connectivity index (χ2v) is 6.03. The molecule has 124 valence electrons. The van der Waals surface area contributed by atoms with Gasteiger partial charge in [-0.3, -0.25) is 4.79 Å². The normalized spacial score (nSPS) is 14.5. The molecule has 24 heavy (non-hydrogen) atoms. The Kier molecular flexibility index (Phi) is 3.19. The number of hydrogen-bond acceptors (Lipinski definition) is 4. The number of aryl methyl sites for hydroxylation is 1. The van der Waals surface area contributed by atoms with Gasteiger partial charge in [0.2, 0.25) is 5.43 Å². The molecule has 1 aromatic carbocycles. The van der Waals surface area contributed by atoms with Crippen LogP contribution < -0.4 is 5.43 Å². The van der Waals surface area contributed by atoms with Gasteiger partial charge in [0.05, 0.1) is 23.0 Å². The average molecular weight is 329 g/mol. The summed E-state index contributed by atoms with van der Waals surface area (Å²) in [5.41, 5.74) is 0.701. The molecular formula is C17H16FN3O3. The maximum absolute atomic E-state index is 14.4. The first kappa shape index (κ1) is 14.9. The molecule has 2 aromatic heterocycles. The number of carbonyl (C=O) groups is 1. The first-order chi connectivity index (χ1) is 11.5. The topological polar surface area (TPSA) is 77.0 Å². The van der Waals surface area contributed by atoms with Gasteiger partial charge in [-0.15, -0.1) is 0 Å². The summed E-state index contributed by atoms with van der Waals surface area (Å²) >= 11 is 0. The van der Waals surface area contributed by atoms with Crippen LogP contribution in [0.1, 0.15) is 42.0 Å². The molecule has 1 aliphatic carbocycles. The summed E-state index contributed by atoms with van der Waals surface area (Å²) in [5, 5.41) is 0.168. The van der Waals surface area contributed by atoms with Crippen molar-refractivity contribution >= 4 is 27.9 Å². The van der Waals surface area contributed by atoms with Gasteiger partial charge < -0.3 is 14.3 Å². The first-order valence-electron chi connectivity index (χ1n) is 7.92. The molecule has 0 unspecified atom stereocenters. The lowest BCUT2D eigenvalue weighted by Crippen LogP contribution is -2.21. The van der Waals surface area contributed by atoms with Gasteiger partial charge in [-0.1, -0.05) is 0 Å². The zero-order valence-electron chi connectivity index (χ0n) is 13.4. The van der Waals surface area contributed by atoms with E-state index in [9.17, 15) is 14.0 Å². The van der Waals surface area contributed by atoms with Crippen molar-refractivity contribution in [3.63, 3.8) is 0 Å². The molecule has 0 atom stereocenters. The van der Waals surface area contributed by atoms with Crippen molar-refractivity contribution in [2.45, 2.75) is 32.7 Å². The van der Waals surface area contributed by atoms with Gasteiger partial charge in [0.25, 0.3) is 0 Å². The fourth-order valence-electron chi connectivity index (χ4n) is 3.08. The maximum Gasteiger partial charge on any atom is 0.343 e. The number of aromatic amines is 1. The number of carbonyl (C=O) groups excluding carboxylic acids is 1. The second kappa shape index (κ2) is 5.15. The monoisotopic (exact) mass is 329 g/mol. The molecule has 6 nitrogen and oxygen atoms in total. The largest absolute Gasteiger partial charge is 0.462 e. The van der Waals surface area contributed by atoms with Gasteiger partial charge in [-0.25, -0.2) is 14.2 Å². The number of benzene rings is 1. The van der Waals surface area contributed by atoms with Crippen molar-refractivity contribution in [1.82, 2.24) is 14.5 Å². The molecule has 0 bridgehead atoms. The van der Waals surface area contributed by atoms with E-state index < -0.39 is 17.2 Å². The minimum atomic E-state index is -0.680. The van der Waals surface area contributed by atoms with E-state index in [-0.39, 0.29) is 29.1 Å². The predicted molar refractivity (Wildman–Crippen MR) is 86.8 cm³/mol. The summed E-state index contributed by atoms with van der Waals surface area (Å²) in [7, 11) is 0. The van der Waals surface area contributed by atoms with Crippen molar-refractivity contribution in [1.29, 1.82) is 0 Å². The number of esters is 1. The highest BCUT2D eigenvalue weighted by Crippen LogP contribution is 2.38. The predicted octanol–water partition coefficient (Wildman–Crippen LogP) is 2.84. The van der Waals surface area contributed by atoms with Crippen LogP contribution in [0.4, 0.5) is 4.39 Å². The number of halogens is 1. The van der Waals surface area contributed by atoms with Crippen molar-refractivity contribution in [2.24, 2.45) is 0 Å². The third-order valence-electron chi connectivity index (χ3n) is 4.26. The summed E-state index contributed by atoms with van der Waals surface area (Å²) in [6.45, 7) is 3.58. The Morgan fingerprint density at radius 3 is 2.92 bits per heavy atom. The van der Waals surface area contributed by atoms with E-state index in [1.807, 2.05) is 4.57 Å². The van der Waals surface area contributed by atoms with E-state index in [0.717, 1.165) is 12.8 Å². The van der Waals surface area contributed by atoms with E-state index in [1.165, 1.54) is 12.3 Å². The lowest BCUT2D eigenvalue weighted by atomic mass is 10.1. The molecule has 0 spiro atoms. The van der Waals surface area contributed by atoms with Crippen LogP contribution in [0.2, 0.25) is 0 Å². The number of pyridine rings is 1. The molecule has 1 aliphatic rings. The highest BCUT2D eigenvalue weighted by molar-refractivity contribution is 6.04. The van der Waals surface area contributed by atoms with Gasteiger partial charge in [0.15, 0.2) is 5.82 Å². The summed E-state index contributed by atoms with van der Waals surface area (Å²) in [5.74, 6) is -0.692. The molecule has 0 aliphatic heterocycles. The summed E-state index contributed by atoms with van der Waals surface area (Å²) in [4.78, 5) is 32.0. The smallest absolute Gasteiger partial charge is 0.343 e. The number of aromatic nitrogens is 3. The Morgan fingerprint density at radius 2 is 2.25 bits per heavy atom. The van der Waals surface area contributed by atoms with Crippen molar-refractivity contribution in [2.75, 3.05) is 6.61 Å². The van der Waals surface area contributed by atoms with Crippen molar-refractivity contribution in [3.8, 4) is 0 Å². The Hall–Kier alpha value is -2.70. The highest BCUT2D eigenvalue weighted by atomic mass is 19.1. The average Bonchev–Trinajstić information content (AvgIpc) is 3.30. The number of ether oxygens (including phenoxy) is 1. The van der Waals surface area contributed by atoms with Gasteiger partial charge in [-0.05, 0) is 32.8 Å². The number of nitrogens with one attached hydrogen (secondary N) is 1. The molecule has 1 fully saturated rings. The molecule has 3 aromatic rings. The van der Waals surface area contributed by atoms with Crippen LogP contribution in [0, 0.1) is 12.7 Å². The fourth-order valence-corrected chi connectivity index (χ4v) is 3.08. The minimum absolute atomic E-state index is 0.0637. The number of imidazole rings is 1. The lowest BCUT2D eigenvalue weighted by Gasteiger charge is -2.13. The summed E-state index contributed by atoms with van der Waals surface area (Å²) in [6.07, 6.45) is 3.44. The van der Waals surface area contributed by atoms with Crippen LogP contribution in [0.5, 0.6) is 0 Å². The quantitative estimate of drug-likeness (QED) is 0.750. The molecule has 1 saturated carbocycles. The zero-order chi connectivity index (χ0) is 17.0. The molecule has 0 saturated heterocycles. The molecule has 1 N–H and O–H groups in total. The van der Waals surface area contributed by atoms with Crippen LogP contribution >= 0.6 is 0 Å². The highest BCUT2D eigenvalue weighted by Gasteiger charge is 2.29. The van der Waals surface area contributed by atoms with E-state index in [0.29, 0.717) is 16.9 Å². The number of H-pyrrole nitrogens is 1.